The van der Waals surface area contributed by atoms with Crippen LogP contribution >= 0.6 is 0 Å². The summed E-state index contributed by atoms with van der Waals surface area (Å²) < 4.78 is 54.0. The molecule has 4 nitrogen and oxygen atoms in total. The molecule has 0 saturated carbocycles. The zero-order chi connectivity index (χ0) is 16.1. The van der Waals surface area contributed by atoms with Gasteiger partial charge in [-0.15, -0.1) is 0 Å². The van der Waals surface area contributed by atoms with Crippen molar-refractivity contribution in [3.8, 4) is 0 Å². The maximum absolute atomic E-state index is 13.7. The maximum atomic E-state index is 13.7. The summed E-state index contributed by atoms with van der Waals surface area (Å²) in [6.07, 6.45) is -1.17. The number of nitrogens with zero attached hydrogens (tertiary/aromatic N) is 2. The van der Waals surface area contributed by atoms with Gasteiger partial charge in [-0.25, -0.2) is 22.6 Å². The van der Waals surface area contributed by atoms with Crippen LogP contribution < -0.4 is 0 Å². The van der Waals surface area contributed by atoms with Gasteiger partial charge in [0.05, 0.1) is 25.6 Å². The molecular weight excluding hydrogens is 304 g/mol. The molecule has 3 rings (SSSR count). The Balaban J connectivity index is 1.90. The molecule has 0 N–H and O–H groups in total. The highest BCUT2D eigenvalue weighted by atomic mass is 19.3. The van der Waals surface area contributed by atoms with Crippen LogP contribution in [0.5, 0.6) is 0 Å². The minimum atomic E-state index is -3.09. The third-order valence-corrected chi connectivity index (χ3v) is 3.89. The Labute approximate surface area is 123 Å². The fourth-order valence-electron chi connectivity index (χ4n) is 2.85. The van der Waals surface area contributed by atoms with Crippen molar-refractivity contribution in [3.63, 3.8) is 0 Å². The third-order valence-electron chi connectivity index (χ3n) is 3.89. The minimum Gasteiger partial charge on any atom is -0.297 e. The van der Waals surface area contributed by atoms with Gasteiger partial charge in [0.25, 0.3) is 5.92 Å². The van der Waals surface area contributed by atoms with Crippen molar-refractivity contribution in [2.45, 2.75) is 31.4 Å². The number of Topliss-reactive ketones (excluding diaryl/α,β-unsaturated/α-hetero) is 1. The SMILES string of the molecule is O=C1CC(=O)N(Cc2cccc(F)c2F)N2CC(F)(F)C[C@@H]12. The Hall–Kier alpha value is -1.96. The van der Waals surface area contributed by atoms with Crippen molar-refractivity contribution < 1.29 is 27.2 Å². The van der Waals surface area contributed by atoms with Crippen LogP contribution in [-0.4, -0.2) is 40.2 Å². The molecule has 1 aromatic carbocycles. The van der Waals surface area contributed by atoms with Gasteiger partial charge in [-0.05, 0) is 6.07 Å². The summed E-state index contributed by atoms with van der Waals surface area (Å²) in [7, 11) is 0. The van der Waals surface area contributed by atoms with Crippen molar-refractivity contribution in [1.82, 2.24) is 10.0 Å². The van der Waals surface area contributed by atoms with E-state index in [2.05, 4.69) is 0 Å². The Bertz CT molecular complexity index is 650. The first-order chi connectivity index (χ1) is 10.3. The van der Waals surface area contributed by atoms with Gasteiger partial charge in [-0.1, -0.05) is 12.1 Å². The predicted molar refractivity (Wildman–Crippen MR) is 66.6 cm³/mol. The lowest BCUT2D eigenvalue weighted by molar-refractivity contribution is -0.167. The molecule has 2 fully saturated rings. The highest BCUT2D eigenvalue weighted by Crippen LogP contribution is 2.37. The largest absolute Gasteiger partial charge is 0.297 e. The van der Waals surface area contributed by atoms with E-state index >= 15 is 0 Å². The molecule has 0 bridgehead atoms. The van der Waals surface area contributed by atoms with Gasteiger partial charge in [-0.2, -0.15) is 0 Å². The van der Waals surface area contributed by atoms with Crippen LogP contribution in [0.3, 0.4) is 0 Å². The van der Waals surface area contributed by atoms with Crippen LogP contribution in [-0.2, 0) is 16.1 Å². The summed E-state index contributed by atoms with van der Waals surface area (Å²) in [5.74, 6) is -6.57. The second-order valence-electron chi connectivity index (χ2n) is 5.48. The van der Waals surface area contributed by atoms with E-state index in [9.17, 15) is 27.2 Å². The molecule has 2 saturated heterocycles. The molecule has 2 aliphatic heterocycles. The van der Waals surface area contributed by atoms with Crippen molar-refractivity contribution in [1.29, 1.82) is 0 Å². The second-order valence-corrected chi connectivity index (χ2v) is 5.48. The molecule has 8 heteroatoms. The van der Waals surface area contributed by atoms with E-state index in [1.54, 1.807) is 0 Å². The Morgan fingerprint density at radius 2 is 1.95 bits per heavy atom. The summed E-state index contributed by atoms with van der Waals surface area (Å²) >= 11 is 0. The van der Waals surface area contributed by atoms with Crippen LogP contribution in [0.1, 0.15) is 18.4 Å². The van der Waals surface area contributed by atoms with Crippen LogP contribution in [0.2, 0.25) is 0 Å². The number of carbonyl (C=O) groups excluding carboxylic acids is 2. The molecule has 0 aliphatic carbocycles. The first kappa shape index (κ1) is 15.0. The fourth-order valence-corrected chi connectivity index (χ4v) is 2.85. The number of hydrogen-bond donors (Lipinski definition) is 0. The van der Waals surface area contributed by atoms with Gasteiger partial charge >= 0.3 is 0 Å². The van der Waals surface area contributed by atoms with Crippen LogP contribution in [0.15, 0.2) is 18.2 Å². The quantitative estimate of drug-likeness (QED) is 0.618. The molecule has 2 aliphatic rings. The number of benzene rings is 1. The summed E-state index contributed by atoms with van der Waals surface area (Å²) in [5.41, 5.74) is -0.128. The van der Waals surface area contributed by atoms with Gasteiger partial charge in [0.1, 0.15) is 0 Å². The van der Waals surface area contributed by atoms with Crippen molar-refractivity contribution in [3.05, 3.63) is 35.4 Å². The Morgan fingerprint density at radius 1 is 1.23 bits per heavy atom. The molecule has 0 spiro atoms. The maximum Gasteiger partial charge on any atom is 0.264 e. The van der Waals surface area contributed by atoms with Crippen molar-refractivity contribution >= 4 is 11.7 Å². The van der Waals surface area contributed by atoms with Gasteiger partial charge < -0.3 is 0 Å². The van der Waals surface area contributed by atoms with Crippen LogP contribution in [0.4, 0.5) is 17.6 Å². The Morgan fingerprint density at radius 3 is 2.68 bits per heavy atom. The average molecular weight is 316 g/mol. The summed E-state index contributed by atoms with van der Waals surface area (Å²) in [6, 6.07) is 2.37. The van der Waals surface area contributed by atoms with E-state index in [-0.39, 0.29) is 12.1 Å². The Kier molecular flexibility index (Phi) is 3.43. The number of halogens is 4. The van der Waals surface area contributed by atoms with Crippen molar-refractivity contribution in [2.24, 2.45) is 0 Å². The topological polar surface area (TPSA) is 40.6 Å². The zero-order valence-electron chi connectivity index (χ0n) is 11.4. The lowest BCUT2D eigenvalue weighted by Gasteiger charge is -2.38. The molecule has 0 aromatic heterocycles. The van der Waals surface area contributed by atoms with E-state index in [0.29, 0.717) is 0 Å². The second kappa shape index (κ2) is 5.05. The molecule has 22 heavy (non-hydrogen) atoms. The monoisotopic (exact) mass is 316 g/mol. The highest BCUT2D eigenvalue weighted by Gasteiger charge is 2.53. The average Bonchev–Trinajstić information content (AvgIpc) is 2.75. The van der Waals surface area contributed by atoms with E-state index in [4.69, 9.17) is 0 Å². The number of rotatable bonds is 2. The minimum absolute atomic E-state index is 0.128. The number of amides is 1. The van der Waals surface area contributed by atoms with E-state index in [0.717, 1.165) is 16.1 Å². The van der Waals surface area contributed by atoms with Crippen molar-refractivity contribution in [2.75, 3.05) is 6.54 Å². The summed E-state index contributed by atoms with van der Waals surface area (Å²) in [6.45, 7) is -1.17. The van der Waals surface area contributed by atoms with Gasteiger partial charge in [-0.3, -0.25) is 14.6 Å². The smallest absolute Gasteiger partial charge is 0.264 e. The van der Waals surface area contributed by atoms with Gasteiger partial charge in [0, 0.05) is 12.0 Å². The number of ketones is 1. The van der Waals surface area contributed by atoms with E-state index in [1.165, 1.54) is 12.1 Å². The molecule has 118 valence electrons. The standard InChI is InChI=1S/C14H12F4N2O2/c15-9-3-1-2-8(13(9)16)6-19-12(22)4-11(21)10-5-14(17,18)7-20(10)19/h1-3,10H,4-7H2/t10-/m0/s1. The molecular formula is C14H12F4N2O2. The lowest BCUT2D eigenvalue weighted by atomic mass is 10.0. The normalized spacial score (nSPS) is 24.7. The molecule has 1 aromatic rings. The lowest BCUT2D eigenvalue weighted by Crippen LogP contribution is -2.56. The first-order valence-electron chi connectivity index (χ1n) is 6.69. The summed E-state index contributed by atoms with van der Waals surface area (Å²) in [4.78, 5) is 23.7. The molecule has 2 heterocycles. The summed E-state index contributed by atoms with van der Waals surface area (Å²) in [5, 5.41) is 1.89. The number of carbonyl (C=O) groups is 2. The molecule has 0 radical (unpaired) electrons. The molecule has 1 atom stereocenters. The van der Waals surface area contributed by atoms with E-state index in [1.807, 2.05) is 0 Å². The van der Waals surface area contributed by atoms with Crippen LogP contribution in [0, 0.1) is 11.6 Å². The number of fused-ring (bicyclic) bond motifs is 1. The highest BCUT2D eigenvalue weighted by molar-refractivity contribution is 6.02. The number of alkyl halides is 2. The fraction of sp³-hybridized carbons (Fsp3) is 0.429. The zero-order valence-corrected chi connectivity index (χ0v) is 11.4. The predicted octanol–water partition coefficient (Wildman–Crippen LogP) is 1.89. The van der Waals surface area contributed by atoms with Gasteiger partial charge in [0.2, 0.25) is 5.91 Å². The van der Waals surface area contributed by atoms with Gasteiger partial charge in [0.15, 0.2) is 17.4 Å². The first-order valence-corrected chi connectivity index (χ1v) is 6.69. The van der Waals surface area contributed by atoms with Crippen LogP contribution in [0.25, 0.3) is 0 Å². The molecule has 0 unspecified atom stereocenters. The number of hydrazine groups is 1. The number of hydrogen-bond acceptors (Lipinski definition) is 3. The third kappa shape index (κ3) is 2.47. The molecule has 1 amide bonds. The van der Waals surface area contributed by atoms with E-state index < -0.39 is 54.7 Å².